The lowest BCUT2D eigenvalue weighted by atomic mass is 10.0. The molecule has 2 atom stereocenters. The fourth-order valence-electron chi connectivity index (χ4n) is 0.975. The van der Waals surface area contributed by atoms with Crippen molar-refractivity contribution in [2.75, 3.05) is 0 Å². The first-order chi connectivity index (χ1) is 5.61. The molecule has 0 aliphatic heterocycles. The minimum absolute atomic E-state index is 0.190. The van der Waals surface area contributed by atoms with E-state index in [1.807, 2.05) is 0 Å². The monoisotopic (exact) mass is 167 g/mol. The van der Waals surface area contributed by atoms with Crippen LogP contribution >= 0.6 is 0 Å². The van der Waals surface area contributed by atoms with Crippen LogP contribution in [0.1, 0.15) is 18.6 Å². The molecule has 0 fully saturated rings. The third-order valence-electron chi connectivity index (χ3n) is 1.73. The molecule has 0 spiro atoms. The normalized spacial score (nSPS) is 15.6. The number of benzene rings is 1. The summed E-state index contributed by atoms with van der Waals surface area (Å²) < 4.78 is 0. The molecular weight excluding hydrogens is 154 g/mol. The first-order valence-corrected chi connectivity index (χ1v) is 3.84. The highest BCUT2D eigenvalue weighted by atomic mass is 16.3. The van der Waals surface area contributed by atoms with E-state index in [1.165, 1.54) is 12.1 Å². The van der Waals surface area contributed by atoms with Crippen molar-refractivity contribution in [2.45, 2.75) is 19.1 Å². The Labute approximate surface area is 71.5 Å². The van der Waals surface area contributed by atoms with E-state index in [9.17, 15) is 5.11 Å². The molecule has 0 radical (unpaired) electrons. The van der Waals surface area contributed by atoms with Crippen LogP contribution in [-0.4, -0.2) is 16.3 Å². The molecule has 0 aliphatic rings. The van der Waals surface area contributed by atoms with Gasteiger partial charge in [0.15, 0.2) is 0 Å². The molecule has 0 aromatic heterocycles. The van der Waals surface area contributed by atoms with E-state index in [1.54, 1.807) is 19.1 Å². The zero-order valence-electron chi connectivity index (χ0n) is 6.94. The quantitative estimate of drug-likeness (QED) is 0.609. The Balaban J connectivity index is 2.82. The highest BCUT2D eigenvalue weighted by Crippen LogP contribution is 2.18. The van der Waals surface area contributed by atoms with Gasteiger partial charge in [0.2, 0.25) is 0 Å². The average molecular weight is 167 g/mol. The lowest BCUT2D eigenvalue weighted by molar-refractivity contribution is 0.153. The van der Waals surface area contributed by atoms with Gasteiger partial charge in [0.25, 0.3) is 0 Å². The topological polar surface area (TPSA) is 66.5 Å². The molecule has 0 heterocycles. The van der Waals surface area contributed by atoms with Crippen LogP contribution in [-0.2, 0) is 0 Å². The third kappa shape index (κ3) is 1.96. The summed E-state index contributed by atoms with van der Waals surface area (Å²) >= 11 is 0. The highest BCUT2D eigenvalue weighted by Gasteiger charge is 2.11. The predicted octanol–water partition coefficient (Wildman–Crippen LogP) is 0.773. The number of aliphatic hydroxyl groups is 1. The average Bonchev–Trinajstić information content (AvgIpc) is 2.04. The minimum atomic E-state index is -0.661. The van der Waals surface area contributed by atoms with Crippen molar-refractivity contribution in [3.63, 3.8) is 0 Å². The van der Waals surface area contributed by atoms with Crippen molar-refractivity contribution in [2.24, 2.45) is 5.73 Å². The van der Waals surface area contributed by atoms with Gasteiger partial charge in [-0.3, -0.25) is 0 Å². The van der Waals surface area contributed by atoms with Gasteiger partial charge in [0.1, 0.15) is 5.75 Å². The van der Waals surface area contributed by atoms with Crippen LogP contribution in [0.2, 0.25) is 0 Å². The molecule has 12 heavy (non-hydrogen) atoms. The number of hydrogen-bond acceptors (Lipinski definition) is 3. The molecule has 0 aliphatic carbocycles. The number of hydrogen-bond donors (Lipinski definition) is 3. The first kappa shape index (κ1) is 9.03. The van der Waals surface area contributed by atoms with Gasteiger partial charge in [0.05, 0.1) is 6.10 Å². The van der Waals surface area contributed by atoms with Crippen molar-refractivity contribution >= 4 is 0 Å². The number of rotatable bonds is 2. The van der Waals surface area contributed by atoms with Gasteiger partial charge in [0, 0.05) is 6.04 Å². The van der Waals surface area contributed by atoms with Crippen LogP contribution in [0.15, 0.2) is 24.3 Å². The number of aliphatic hydroxyl groups excluding tert-OH is 1. The van der Waals surface area contributed by atoms with Crippen LogP contribution in [0.25, 0.3) is 0 Å². The molecule has 0 bridgehead atoms. The molecule has 0 amide bonds. The SMILES string of the molecule is CC(N)[C@H](O)c1ccc(O)cc1. The zero-order chi connectivity index (χ0) is 9.14. The Morgan fingerprint density at radius 3 is 2.17 bits per heavy atom. The van der Waals surface area contributed by atoms with Crippen molar-refractivity contribution in [3.8, 4) is 5.75 Å². The van der Waals surface area contributed by atoms with E-state index < -0.39 is 6.10 Å². The largest absolute Gasteiger partial charge is 0.508 e. The van der Waals surface area contributed by atoms with Gasteiger partial charge in [-0.1, -0.05) is 12.1 Å². The van der Waals surface area contributed by atoms with Crippen LogP contribution < -0.4 is 5.73 Å². The lowest BCUT2D eigenvalue weighted by Crippen LogP contribution is -2.24. The van der Waals surface area contributed by atoms with Crippen molar-refractivity contribution in [3.05, 3.63) is 29.8 Å². The van der Waals surface area contributed by atoms with Crippen molar-refractivity contribution in [1.82, 2.24) is 0 Å². The molecule has 1 unspecified atom stereocenters. The second kappa shape index (κ2) is 3.56. The number of phenolic OH excluding ortho intramolecular Hbond substituents is 1. The molecule has 4 N–H and O–H groups in total. The van der Waals surface area contributed by atoms with E-state index in [4.69, 9.17) is 10.8 Å². The Morgan fingerprint density at radius 2 is 1.75 bits per heavy atom. The smallest absolute Gasteiger partial charge is 0.115 e. The van der Waals surface area contributed by atoms with Gasteiger partial charge in [-0.2, -0.15) is 0 Å². The van der Waals surface area contributed by atoms with Crippen LogP contribution in [0.5, 0.6) is 5.75 Å². The second-order valence-corrected chi connectivity index (χ2v) is 2.90. The van der Waals surface area contributed by atoms with Gasteiger partial charge >= 0.3 is 0 Å². The lowest BCUT2D eigenvalue weighted by Gasteiger charge is -2.14. The molecule has 1 rings (SSSR count). The van der Waals surface area contributed by atoms with E-state index in [0.717, 1.165) is 5.56 Å². The summed E-state index contributed by atoms with van der Waals surface area (Å²) in [6.45, 7) is 1.73. The second-order valence-electron chi connectivity index (χ2n) is 2.90. The van der Waals surface area contributed by atoms with E-state index in [2.05, 4.69) is 0 Å². The number of nitrogens with two attached hydrogens (primary N) is 1. The Morgan fingerprint density at radius 1 is 1.25 bits per heavy atom. The van der Waals surface area contributed by atoms with E-state index in [-0.39, 0.29) is 11.8 Å². The summed E-state index contributed by atoms with van der Waals surface area (Å²) in [6, 6.07) is 6.07. The number of aromatic hydroxyl groups is 1. The summed E-state index contributed by atoms with van der Waals surface area (Å²) in [6.07, 6.45) is -0.661. The maximum Gasteiger partial charge on any atom is 0.115 e. The Bertz CT molecular complexity index is 243. The third-order valence-corrected chi connectivity index (χ3v) is 1.73. The predicted molar refractivity (Wildman–Crippen MR) is 46.7 cm³/mol. The fourth-order valence-corrected chi connectivity index (χ4v) is 0.975. The molecule has 1 aromatic carbocycles. The van der Waals surface area contributed by atoms with Crippen LogP contribution in [0.3, 0.4) is 0 Å². The zero-order valence-corrected chi connectivity index (χ0v) is 6.94. The van der Waals surface area contributed by atoms with Gasteiger partial charge < -0.3 is 15.9 Å². The van der Waals surface area contributed by atoms with Crippen molar-refractivity contribution < 1.29 is 10.2 Å². The van der Waals surface area contributed by atoms with E-state index in [0.29, 0.717) is 0 Å². The van der Waals surface area contributed by atoms with E-state index >= 15 is 0 Å². The fraction of sp³-hybridized carbons (Fsp3) is 0.333. The van der Waals surface area contributed by atoms with Crippen LogP contribution in [0.4, 0.5) is 0 Å². The summed E-state index contributed by atoms with van der Waals surface area (Å²) in [4.78, 5) is 0. The first-order valence-electron chi connectivity index (χ1n) is 3.84. The Hall–Kier alpha value is -1.06. The molecule has 3 heteroatoms. The van der Waals surface area contributed by atoms with Gasteiger partial charge in [-0.25, -0.2) is 0 Å². The molecular formula is C9H13NO2. The molecule has 3 nitrogen and oxygen atoms in total. The summed E-state index contributed by atoms with van der Waals surface area (Å²) in [5.41, 5.74) is 6.22. The van der Waals surface area contributed by atoms with Crippen LogP contribution in [0, 0.1) is 0 Å². The maximum absolute atomic E-state index is 9.48. The molecule has 66 valence electrons. The van der Waals surface area contributed by atoms with Gasteiger partial charge in [-0.15, -0.1) is 0 Å². The minimum Gasteiger partial charge on any atom is -0.508 e. The number of phenols is 1. The van der Waals surface area contributed by atoms with Crippen molar-refractivity contribution in [1.29, 1.82) is 0 Å². The molecule has 0 saturated heterocycles. The molecule has 1 aromatic rings. The van der Waals surface area contributed by atoms with Gasteiger partial charge in [-0.05, 0) is 24.6 Å². The standard InChI is InChI=1S/C9H13NO2/c1-6(10)9(12)7-2-4-8(11)5-3-7/h2-6,9,11-12H,10H2,1H3/t6?,9-/m0/s1. The summed E-state index contributed by atoms with van der Waals surface area (Å²) in [5, 5.41) is 18.4. The highest BCUT2D eigenvalue weighted by molar-refractivity contribution is 5.27. The Kier molecular flexibility index (Phi) is 2.68. The molecule has 0 saturated carbocycles. The summed E-state index contributed by atoms with van der Waals surface area (Å²) in [7, 11) is 0. The maximum atomic E-state index is 9.48. The summed E-state index contributed by atoms with van der Waals surface area (Å²) in [5.74, 6) is 0.190.